The summed E-state index contributed by atoms with van der Waals surface area (Å²) in [5.74, 6) is -0.232. The van der Waals surface area contributed by atoms with E-state index < -0.39 is 12.8 Å². The molecule has 0 aromatic carbocycles. The molecule has 0 N–H and O–H groups in total. The second-order valence-electron chi connectivity index (χ2n) is 3.57. The van der Waals surface area contributed by atoms with Gasteiger partial charge in [0.2, 0.25) is 0 Å². The summed E-state index contributed by atoms with van der Waals surface area (Å²) in [6.07, 6.45) is 5.90. The number of carbonyl (C=O) groups is 1. The summed E-state index contributed by atoms with van der Waals surface area (Å²) in [7, 11) is 0. The van der Waals surface area contributed by atoms with E-state index in [4.69, 9.17) is 4.74 Å². The van der Waals surface area contributed by atoms with E-state index in [0.29, 0.717) is 12.8 Å². The van der Waals surface area contributed by atoms with Crippen LogP contribution in [0.4, 0.5) is 4.39 Å². The number of carbonyl (C=O) groups excluding carboxylic acids is 1. The molecule has 3 heteroatoms. The summed E-state index contributed by atoms with van der Waals surface area (Å²) in [5, 5.41) is 0. The highest BCUT2D eigenvalue weighted by Crippen LogP contribution is 2.14. The number of halogens is 1. The molecule has 13 heavy (non-hydrogen) atoms. The maximum absolute atomic E-state index is 12.3. The number of cyclic esters (lactones) is 1. The van der Waals surface area contributed by atoms with Crippen LogP contribution in [0.25, 0.3) is 0 Å². The third-order valence-electron chi connectivity index (χ3n) is 2.38. The van der Waals surface area contributed by atoms with Crippen LogP contribution in [0.15, 0.2) is 0 Å². The zero-order valence-electron chi connectivity index (χ0n) is 7.93. The van der Waals surface area contributed by atoms with Crippen LogP contribution in [0, 0.1) is 0 Å². The zero-order chi connectivity index (χ0) is 9.52. The molecule has 0 aromatic heterocycles. The van der Waals surface area contributed by atoms with Gasteiger partial charge in [-0.05, 0) is 19.3 Å². The maximum atomic E-state index is 12.3. The highest BCUT2D eigenvalue weighted by molar-refractivity contribution is 5.69. The number of esters is 1. The van der Waals surface area contributed by atoms with Crippen LogP contribution in [0.2, 0.25) is 0 Å². The molecule has 1 aliphatic rings. The van der Waals surface area contributed by atoms with Gasteiger partial charge in [0.05, 0.1) is 0 Å². The summed E-state index contributed by atoms with van der Waals surface area (Å²) in [4.78, 5) is 11.1. The van der Waals surface area contributed by atoms with Crippen molar-refractivity contribution in [2.45, 2.75) is 51.0 Å². The lowest BCUT2D eigenvalue weighted by molar-refractivity contribution is -0.150. The van der Waals surface area contributed by atoms with Gasteiger partial charge in [0.15, 0.2) is 0 Å². The second kappa shape index (κ2) is 5.95. The van der Waals surface area contributed by atoms with Crippen molar-refractivity contribution in [3.05, 3.63) is 0 Å². The molecule has 1 rings (SSSR count). The molecule has 0 bridgehead atoms. The molecule has 1 heterocycles. The molecule has 1 saturated heterocycles. The lowest BCUT2D eigenvalue weighted by atomic mass is 10.1. The fourth-order valence-electron chi connectivity index (χ4n) is 1.58. The van der Waals surface area contributed by atoms with Gasteiger partial charge >= 0.3 is 5.97 Å². The van der Waals surface area contributed by atoms with Crippen LogP contribution in [0.5, 0.6) is 0 Å². The van der Waals surface area contributed by atoms with Gasteiger partial charge < -0.3 is 4.74 Å². The molecule has 1 unspecified atom stereocenters. The summed E-state index contributed by atoms with van der Waals surface area (Å²) in [6, 6.07) is 0. The molecule has 1 atom stereocenters. The van der Waals surface area contributed by atoms with Crippen molar-refractivity contribution in [1.82, 2.24) is 0 Å². The monoisotopic (exact) mass is 188 g/mol. The molecule has 76 valence electrons. The summed E-state index contributed by atoms with van der Waals surface area (Å²) in [6.45, 7) is -0.536. The Kier molecular flexibility index (Phi) is 4.79. The van der Waals surface area contributed by atoms with Gasteiger partial charge in [-0.25, -0.2) is 4.39 Å². The molecule has 2 nitrogen and oxygen atoms in total. The molecular weight excluding hydrogens is 171 g/mol. The minimum Gasteiger partial charge on any atom is -0.460 e. The van der Waals surface area contributed by atoms with Crippen LogP contribution in [-0.2, 0) is 9.53 Å². The predicted molar refractivity (Wildman–Crippen MR) is 48.2 cm³/mol. The quantitative estimate of drug-likeness (QED) is 0.591. The normalized spacial score (nSPS) is 26.5. The molecule has 1 fully saturated rings. The van der Waals surface area contributed by atoms with Crippen molar-refractivity contribution in [1.29, 1.82) is 0 Å². The third-order valence-corrected chi connectivity index (χ3v) is 2.38. The number of hydrogen-bond donors (Lipinski definition) is 0. The average molecular weight is 188 g/mol. The van der Waals surface area contributed by atoms with E-state index in [0.717, 1.165) is 32.1 Å². The van der Waals surface area contributed by atoms with Gasteiger partial charge in [0, 0.05) is 6.42 Å². The van der Waals surface area contributed by atoms with Gasteiger partial charge in [0.25, 0.3) is 0 Å². The SMILES string of the molecule is O=C1CCCCCCCC(CF)O1. The Bertz CT molecular complexity index is 159. The lowest BCUT2D eigenvalue weighted by Crippen LogP contribution is -2.20. The standard InChI is InChI=1S/C10H17FO2/c11-8-9-6-4-2-1-3-5-7-10(12)13-9/h9H,1-8H2. The van der Waals surface area contributed by atoms with Gasteiger partial charge in [0.1, 0.15) is 12.8 Å². The Morgan fingerprint density at radius 2 is 1.92 bits per heavy atom. The lowest BCUT2D eigenvalue weighted by Gasteiger charge is -2.16. The van der Waals surface area contributed by atoms with E-state index in [2.05, 4.69) is 0 Å². The summed E-state index contributed by atoms with van der Waals surface area (Å²) >= 11 is 0. The van der Waals surface area contributed by atoms with Gasteiger partial charge in [-0.1, -0.05) is 19.3 Å². The largest absolute Gasteiger partial charge is 0.460 e. The summed E-state index contributed by atoms with van der Waals surface area (Å²) < 4.78 is 17.3. The fraction of sp³-hybridized carbons (Fsp3) is 0.900. The van der Waals surface area contributed by atoms with Crippen LogP contribution in [0.1, 0.15) is 44.9 Å². The molecule has 0 aromatic rings. The number of rotatable bonds is 1. The molecule has 0 aliphatic carbocycles. The number of hydrogen-bond acceptors (Lipinski definition) is 2. The Morgan fingerprint density at radius 1 is 1.23 bits per heavy atom. The van der Waals surface area contributed by atoms with Crippen LogP contribution in [0.3, 0.4) is 0 Å². The molecule has 0 saturated carbocycles. The number of ether oxygens (including phenoxy) is 1. The minimum absolute atomic E-state index is 0.232. The summed E-state index contributed by atoms with van der Waals surface area (Å²) in [5.41, 5.74) is 0. The van der Waals surface area contributed by atoms with Gasteiger partial charge in [-0.2, -0.15) is 0 Å². The molecular formula is C10H17FO2. The fourth-order valence-corrected chi connectivity index (χ4v) is 1.58. The Morgan fingerprint density at radius 3 is 2.69 bits per heavy atom. The smallest absolute Gasteiger partial charge is 0.306 e. The van der Waals surface area contributed by atoms with Crippen molar-refractivity contribution >= 4 is 5.97 Å². The van der Waals surface area contributed by atoms with E-state index >= 15 is 0 Å². The average Bonchev–Trinajstić information content (AvgIpc) is 2.15. The molecule has 0 amide bonds. The topological polar surface area (TPSA) is 26.3 Å². The van der Waals surface area contributed by atoms with Crippen molar-refractivity contribution in [2.24, 2.45) is 0 Å². The first kappa shape index (κ1) is 10.5. The zero-order valence-corrected chi connectivity index (χ0v) is 7.93. The Labute approximate surface area is 78.5 Å². The highest BCUT2D eigenvalue weighted by atomic mass is 19.1. The van der Waals surface area contributed by atoms with E-state index in [1.807, 2.05) is 0 Å². The van der Waals surface area contributed by atoms with Gasteiger partial charge in [-0.15, -0.1) is 0 Å². The first-order chi connectivity index (χ1) is 6.33. The van der Waals surface area contributed by atoms with Crippen LogP contribution >= 0.6 is 0 Å². The molecule has 0 spiro atoms. The van der Waals surface area contributed by atoms with Crippen LogP contribution in [-0.4, -0.2) is 18.7 Å². The first-order valence-electron chi connectivity index (χ1n) is 5.08. The van der Waals surface area contributed by atoms with Crippen molar-refractivity contribution < 1.29 is 13.9 Å². The van der Waals surface area contributed by atoms with E-state index in [-0.39, 0.29) is 5.97 Å². The van der Waals surface area contributed by atoms with E-state index in [1.54, 1.807) is 0 Å². The Hall–Kier alpha value is -0.600. The predicted octanol–water partition coefficient (Wildman–Crippen LogP) is 2.61. The maximum Gasteiger partial charge on any atom is 0.306 e. The van der Waals surface area contributed by atoms with Crippen molar-refractivity contribution in [3.8, 4) is 0 Å². The second-order valence-corrected chi connectivity index (χ2v) is 3.57. The molecule has 1 aliphatic heterocycles. The minimum atomic E-state index is -0.536. The van der Waals surface area contributed by atoms with Crippen molar-refractivity contribution in [3.63, 3.8) is 0 Å². The van der Waals surface area contributed by atoms with E-state index in [9.17, 15) is 9.18 Å². The Balaban J connectivity index is 2.34. The van der Waals surface area contributed by atoms with E-state index in [1.165, 1.54) is 0 Å². The highest BCUT2D eigenvalue weighted by Gasteiger charge is 2.14. The number of alkyl halides is 1. The van der Waals surface area contributed by atoms with Gasteiger partial charge in [-0.3, -0.25) is 4.79 Å². The third kappa shape index (κ3) is 4.25. The first-order valence-corrected chi connectivity index (χ1v) is 5.08. The van der Waals surface area contributed by atoms with Crippen LogP contribution < -0.4 is 0 Å². The van der Waals surface area contributed by atoms with Crippen molar-refractivity contribution in [2.75, 3.05) is 6.67 Å². The molecule has 0 radical (unpaired) electrons.